The van der Waals surface area contributed by atoms with Gasteiger partial charge in [-0.1, -0.05) is 56.0 Å². The fourth-order valence-electron chi connectivity index (χ4n) is 5.32. The number of anilines is 1. The molecule has 1 N–H and O–H groups in total. The van der Waals surface area contributed by atoms with Crippen LogP contribution in [-0.2, 0) is 10.2 Å². The molecule has 1 aliphatic carbocycles. The first-order chi connectivity index (χ1) is 16.0. The molecule has 4 rings (SSSR count). The largest absolute Gasteiger partial charge is 0.494 e. The van der Waals surface area contributed by atoms with Gasteiger partial charge in [-0.2, -0.15) is 0 Å². The number of benzene rings is 2. The lowest BCUT2D eigenvalue weighted by Crippen LogP contribution is -2.42. The Bertz CT molecular complexity index is 877. The van der Waals surface area contributed by atoms with Crippen molar-refractivity contribution in [1.29, 1.82) is 0 Å². The highest BCUT2D eigenvalue weighted by Crippen LogP contribution is 2.40. The van der Waals surface area contributed by atoms with Gasteiger partial charge in [-0.25, -0.2) is 0 Å². The highest BCUT2D eigenvalue weighted by molar-refractivity contribution is 5.99. The number of carbonyl (C=O) groups is 1. The van der Waals surface area contributed by atoms with Gasteiger partial charge in [0, 0.05) is 12.2 Å². The summed E-state index contributed by atoms with van der Waals surface area (Å²) >= 11 is 0. The molecule has 4 nitrogen and oxygen atoms in total. The first-order valence-electron chi connectivity index (χ1n) is 12.9. The Morgan fingerprint density at radius 2 is 1.67 bits per heavy atom. The molecule has 0 radical (unpaired) electrons. The maximum Gasteiger partial charge on any atom is 0.235 e. The van der Waals surface area contributed by atoms with Gasteiger partial charge >= 0.3 is 0 Å². The number of likely N-dealkylation sites (tertiary alicyclic amines) is 1. The van der Waals surface area contributed by atoms with Crippen LogP contribution in [0.4, 0.5) is 5.69 Å². The third-order valence-corrected chi connectivity index (χ3v) is 7.62. The Morgan fingerprint density at radius 3 is 2.33 bits per heavy atom. The molecule has 4 heteroatoms. The van der Waals surface area contributed by atoms with Gasteiger partial charge in [0.15, 0.2) is 0 Å². The fourth-order valence-corrected chi connectivity index (χ4v) is 5.32. The Morgan fingerprint density at radius 1 is 1.00 bits per heavy atom. The minimum atomic E-state index is -0.423. The molecule has 1 heterocycles. The minimum absolute atomic E-state index is 0.121. The standard InChI is InChI=1S/C29H40N2O2/c1-23-7-9-25(10-8-23)29(17-4-3-5-18-29)28(32)30-26-11-13-27(14-12-26)33-22-6-19-31-20-15-24(2)16-21-31/h7-14,24H,3-6,15-22H2,1-2H3,(H,30,32). The molecule has 2 fully saturated rings. The van der Waals surface area contributed by atoms with Gasteiger partial charge in [-0.15, -0.1) is 0 Å². The van der Waals surface area contributed by atoms with Gasteiger partial charge in [0.25, 0.3) is 0 Å². The predicted octanol–water partition coefficient (Wildman–Crippen LogP) is 6.34. The zero-order valence-corrected chi connectivity index (χ0v) is 20.4. The van der Waals surface area contributed by atoms with Crippen LogP contribution in [0.5, 0.6) is 5.75 Å². The zero-order chi connectivity index (χ0) is 23.1. The molecule has 0 bridgehead atoms. The third kappa shape index (κ3) is 6.17. The van der Waals surface area contributed by atoms with Crippen LogP contribution < -0.4 is 10.1 Å². The first-order valence-corrected chi connectivity index (χ1v) is 12.9. The van der Waals surface area contributed by atoms with Crippen molar-refractivity contribution in [1.82, 2.24) is 4.90 Å². The summed E-state index contributed by atoms with van der Waals surface area (Å²) in [4.78, 5) is 16.0. The number of nitrogens with zero attached hydrogens (tertiary/aromatic N) is 1. The smallest absolute Gasteiger partial charge is 0.235 e. The average molecular weight is 449 g/mol. The molecule has 0 unspecified atom stereocenters. The number of hydrogen-bond donors (Lipinski definition) is 1. The van der Waals surface area contributed by atoms with E-state index in [1.165, 1.54) is 37.9 Å². The van der Waals surface area contributed by atoms with Gasteiger partial charge in [-0.3, -0.25) is 4.79 Å². The topological polar surface area (TPSA) is 41.6 Å². The number of amides is 1. The van der Waals surface area contributed by atoms with E-state index in [-0.39, 0.29) is 5.91 Å². The number of piperidine rings is 1. The van der Waals surface area contributed by atoms with Gasteiger partial charge in [0.2, 0.25) is 5.91 Å². The highest BCUT2D eigenvalue weighted by Gasteiger charge is 2.41. The summed E-state index contributed by atoms with van der Waals surface area (Å²) in [6.07, 6.45) is 8.93. The van der Waals surface area contributed by atoms with Crippen molar-refractivity contribution < 1.29 is 9.53 Å². The van der Waals surface area contributed by atoms with Gasteiger partial charge in [-0.05, 0) is 87.9 Å². The lowest BCUT2D eigenvalue weighted by molar-refractivity contribution is -0.122. The number of aryl methyl sites for hydroxylation is 1. The first kappa shape index (κ1) is 23.8. The second kappa shape index (κ2) is 11.2. The van der Waals surface area contributed by atoms with Gasteiger partial charge < -0.3 is 15.0 Å². The molecule has 0 spiro atoms. The van der Waals surface area contributed by atoms with E-state index in [9.17, 15) is 4.79 Å². The van der Waals surface area contributed by atoms with Crippen LogP contribution >= 0.6 is 0 Å². The number of nitrogens with one attached hydrogen (secondary N) is 1. The summed E-state index contributed by atoms with van der Waals surface area (Å²) < 4.78 is 5.96. The maximum absolute atomic E-state index is 13.5. The van der Waals surface area contributed by atoms with E-state index < -0.39 is 5.41 Å². The molecular weight excluding hydrogens is 408 g/mol. The van der Waals surface area contributed by atoms with Crippen LogP contribution in [0, 0.1) is 12.8 Å². The zero-order valence-electron chi connectivity index (χ0n) is 20.4. The Balaban J connectivity index is 1.30. The van der Waals surface area contributed by atoms with Crippen molar-refractivity contribution in [3.63, 3.8) is 0 Å². The van der Waals surface area contributed by atoms with Crippen LogP contribution in [-0.4, -0.2) is 37.0 Å². The second-order valence-electron chi connectivity index (χ2n) is 10.2. The predicted molar refractivity (Wildman–Crippen MR) is 136 cm³/mol. The molecule has 1 aliphatic heterocycles. The fraction of sp³-hybridized carbons (Fsp3) is 0.552. The summed E-state index contributed by atoms with van der Waals surface area (Å²) in [5, 5.41) is 3.21. The lowest BCUT2D eigenvalue weighted by atomic mass is 9.68. The molecule has 2 aromatic carbocycles. The molecule has 1 saturated carbocycles. The van der Waals surface area contributed by atoms with Crippen molar-refractivity contribution in [3.05, 3.63) is 59.7 Å². The maximum atomic E-state index is 13.5. The Hall–Kier alpha value is -2.33. The highest BCUT2D eigenvalue weighted by atomic mass is 16.5. The molecule has 1 saturated heterocycles. The van der Waals surface area contributed by atoms with E-state index in [1.54, 1.807) is 0 Å². The molecule has 178 valence electrons. The normalized spacial score (nSPS) is 19.2. The van der Waals surface area contributed by atoms with Crippen molar-refractivity contribution in [2.24, 2.45) is 5.92 Å². The SMILES string of the molecule is Cc1ccc(C2(C(=O)Nc3ccc(OCCCN4CCC(C)CC4)cc3)CCCCC2)cc1. The van der Waals surface area contributed by atoms with E-state index in [0.717, 1.165) is 68.2 Å². The molecule has 0 aromatic heterocycles. The van der Waals surface area contributed by atoms with E-state index >= 15 is 0 Å². The summed E-state index contributed by atoms with van der Waals surface area (Å²) in [5.74, 6) is 1.86. The van der Waals surface area contributed by atoms with Crippen molar-refractivity contribution in [2.75, 3.05) is 31.6 Å². The number of hydrogen-bond acceptors (Lipinski definition) is 3. The van der Waals surface area contributed by atoms with Crippen LogP contribution in [0.3, 0.4) is 0 Å². The van der Waals surface area contributed by atoms with Gasteiger partial charge in [0.05, 0.1) is 12.0 Å². The Kier molecular flexibility index (Phi) is 8.08. The molecule has 2 aliphatic rings. The summed E-state index contributed by atoms with van der Waals surface area (Å²) in [6.45, 7) is 8.73. The molecule has 1 amide bonds. The van der Waals surface area contributed by atoms with Crippen molar-refractivity contribution in [2.45, 2.75) is 70.6 Å². The van der Waals surface area contributed by atoms with E-state index in [4.69, 9.17) is 4.74 Å². The quantitative estimate of drug-likeness (QED) is 0.479. The summed E-state index contributed by atoms with van der Waals surface area (Å²) in [6, 6.07) is 16.4. The van der Waals surface area contributed by atoms with Crippen LogP contribution in [0.25, 0.3) is 0 Å². The van der Waals surface area contributed by atoms with E-state index in [1.807, 2.05) is 24.3 Å². The average Bonchev–Trinajstić information content (AvgIpc) is 2.85. The van der Waals surface area contributed by atoms with Crippen molar-refractivity contribution in [3.8, 4) is 5.75 Å². The van der Waals surface area contributed by atoms with Gasteiger partial charge in [0.1, 0.15) is 5.75 Å². The number of rotatable bonds is 8. The lowest BCUT2D eigenvalue weighted by Gasteiger charge is -2.36. The minimum Gasteiger partial charge on any atom is -0.494 e. The van der Waals surface area contributed by atoms with E-state index in [2.05, 4.69) is 48.3 Å². The summed E-state index contributed by atoms with van der Waals surface area (Å²) in [5.41, 5.74) is 2.79. The Labute approximate surface area is 199 Å². The molecule has 2 aromatic rings. The molecule has 0 atom stereocenters. The van der Waals surface area contributed by atoms with Crippen LogP contribution in [0.2, 0.25) is 0 Å². The summed E-state index contributed by atoms with van der Waals surface area (Å²) in [7, 11) is 0. The second-order valence-corrected chi connectivity index (χ2v) is 10.2. The molecular formula is C29H40N2O2. The van der Waals surface area contributed by atoms with Crippen LogP contribution in [0.15, 0.2) is 48.5 Å². The number of carbonyl (C=O) groups excluding carboxylic acids is 1. The molecule has 33 heavy (non-hydrogen) atoms. The van der Waals surface area contributed by atoms with Crippen LogP contribution in [0.1, 0.15) is 69.4 Å². The number of ether oxygens (including phenoxy) is 1. The van der Waals surface area contributed by atoms with E-state index in [0.29, 0.717) is 0 Å². The van der Waals surface area contributed by atoms with Crippen molar-refractivity contribution >= 4 is 11.6 Å². The monoisotopic (exact) mass is 448 g/mol. The third-order valence-electron chi connectivity index (χ3n) is 7.62.